The molecule has 4 atom stereocenters. The monoisotopic (exact) mass is 808 g/mol. The number of hydrogen-bond acceptors (Lipinski definition) is 8. The summed E-state index contributed by atoms with van der Waals surface area (Å²) in [6, 6.07) is 30.6. The Bertz CT molecular complexity index is 2450. The Morgan fingerprint density at radius 1 is 0.667 bits per heavy atom. The molecule has 2 fully saturated rings. The van der Waals surface area contributed by atoms with Crippen LogP contribution in [0.2, 0.25) is 0 Å². The smallest absolute Gasteiger partial charge is 0.407 e. The molecule has 2 saturated heterocycles. The summed E-state index contributed by atoms with van der Waals surface area (Å²) in [7, 11) is 1.27. The number of nitrogens with zero attached hydrogens (tertiary/aromatic N) is 4. The molecule has 6 aromatic rings. The van der Waals surface area contributed by atoms with Gasteiger partial charge in [0.2, 0.25) is 0 Å². The third-order valence-corrected chi connectivity index (χ3v) is 10.9. The second kappa shape index (κ2) is 17.6. The number of H-pyrrole nitrogens is 2. The predicted octanol–water partition coefficient (Wildman–Crippen LogP) is 7.69. The molecule has 0 unspecified atom stereocenters. The Morgan fingerprint density at radius 2 is 1.20 bits per heavy atom. The lowest BCUT2D eigenvalue weighted by atomic mass is 10.1. The van der Waals surface area contributed by atoms with Crippen molar-refractivity contribution in [3.05, 3.63) is 144 Å². The van der Waals surface area contributed by atoms with Crippen LogP contribution in [0.5, 0.6) is 11.5 Å². The average Bonchev–Trinajstić information content (AvgIpc) is 4.13. The maximum absolute atomic E-state index is 13.9. The number of hydrogen-bond donors (Lipinski definition) is 5. The van der Waals surface area contributed by atoms with Gasteiger partial charge < -0.3 is 45.0 Å². The van der Waals surface area contributed by atoms with Crippen LogP contribution in [0.15, 0.2) is 122 Å². The predicted molar refractivity (Wildman–Crippen MR) is 221 cm³/mol. The van der Waals surface area contributed by atoms with Crippen LogP contribution in [0, 0.1) is 0 Å². The fraction of sp³-hybridized carbons (Fsp3) is 0.244. The van der Waals surface area contributed by atoms with Gasteiger partial charge in [0, 0.05) is 18.7 Å². The van der Waals surface area contributed by atoms with Gasteiger partial charge in [0.1, 0.15) is 35.2 Å². The van der Waals surface area contributed by atoms with Crippen molar-refractivity contribution in [1.82, 2.24) is 40.4 Å². The topological polar surface area (TPSA) is 195 Å². The standard InChI is InChI=1S/C45H44N8O7/c1-59-45(58)51-39(30-13-6-3-7-14-30)43(55)53-24-10-17-36(53)40-46-26-34(48-40)28-19-21-32(22-20-28)60-33-16-8-15-31(25-33)35-27-47-41(49-35)37-18-9-23-52(37)42(54)38(50-44(56)57)29-11-4-2-5-12-29/h2-8,11-16,19-22,25-27,36-39,50H,9-10,17-18,23-24H2,1H3,(H,46,48)(H,47,49)(H,51,58)(H,56,57)/t36-,37-,38+,39+/m0/s1. The number of amides is 4. The summed E-state index contributed by atoms with van der Waals surface area (Å²) < 4.78 is 11.1. The third-order valence-electron chi connectivity index (χ3n) is 10.9. The molecule has 60 heavy (non-hydrogen) atoms. The zero-order valence-electron chi connectivity index (χ0n) is 32.8. The highest BCUT2D eigenvalue weighted by atomic mass is 16.5. The summed E-state index contributed by atoms with van der Waals surface area (Å²) in [5.74, 6) is 1.98. The Labute approximate surface area is 345 Å². The highest BCUT2D eigenvalue weighted by Crippen LogP contribution is 2.36. The van der Waals surface area contributed by atoms with E-state index >= 15 is 0 Å². The molecule has 2 aliphatic heterocycles. The number of alkyl carbamates (subject to hydrolysis) is 1. The molecule has 15 nitrogen and oxygen atoms in total. The van der Waals surface area contributed by atoms with Crippen LogP contribution in [-0.2, 0) is 14.3 Å². The zero-order chi connectivity index (χ0) is 41.6. The first-order chi connectivity index (χ1) is 29.2. The van der Waals surface area contributed by atoms with E-state index in [1.807, 2.05) is 72.8 Å². The number of aromatic nitrogens is 4. The van der Waals surface area contributed by atoms with Crippen LogP contribution < -0.4 is 15.4 Å². The molecule has 0 bridgehead atoms. The number of rotatable bonds is 12. The summed E-state index contributed by atoms with van der Waals surface area (Å²) in [5.41, 5.74) is 4.51. The summed E-state index contributed by atoms with van der Waals surface area (Å²) in [6.07, 6.45) is 4.51. The second-order valence-electron chi connectivity index (χ2n) is 14.7. The van der Waals surface area contributed by atoms with Gasteiger partial charge in [0.25, 0.3) is 11.8 Å². The quantitative estimate of drug-likeness (QED) is 0.0824. The van der Waals surface area contributed by atoms with Crippen LogP contribution >= 0.6 is 0 Å². The van der Waals surface area contributed by atoms with Crippen LogP contribution in [-0.4, -0.2) is 79.0 Å². The van der Waals surface area contributed by atoms with E-state index in [4.69, 9.17) is 9.47 Å². The number of carboxylic acid groups (broad SMARTS) is 1. The number of nitrogens with one attached hydrogen (secondary N) is 4. The Kier molecular flexibility index (Phi) is 11.6. The maximum Gasteiger partial charge on any atom is 0.407 e. The molecule has 306 valence electrons. The number of methoxy groups -OCH3 is 1. The highest BCUT2D eigenvalue weighted by molar-refractivity contribution is 5.88. The molecular formula is C45H44N8O7. The molecule has 4 amide bonds. The minimum Gasteiger partial charge on any atom is -0.465 e. The summed E-state index contributed by atoms with van der Waals surface area (Å²) >= 11 is 0. The van der Waals surface area contributed by atoms with Crippen molar-refractivity contribution in [2.45, 2.75) is 49.9 Å². The van der Waals surface area contributed by atoms with Crippen LogP contribution in [0.1, 0.15) is 72.6 Å². The van der Waals surface area contributed by atoms with Crippen molar-refractivity contribution in [3.63, 3.8) is 0 Å². The number of likely N-dealkylation sites (tertiary alicyclic amines) is 2. The molecule has 2 aromatic heterocycles. The Balaban J connectivity index is 0.924. The van der Waals surface area contributed by atoms with Gasteiger partial charge >= 0.3 is 12.2 Å². The van der Waals surface area contributed by atoms with E-state index in [9.17, 15) is 24.3 Å². The van der Waals surface area contributed by atoms with E-state index in [0.29, 0.717) is 53.8 Å². The van der Waals surface area contributed by atoms with Gasteiger partial charge in [-0.15, -0.1) is 0 Å². The summed E-state index contributed by atoms with van der Waals surface area (Å²) in [4.78, 5) is 71.1. The molecule has 0 spiro atoms. The van der Waals surface area contributed by atoms with Gasteiger partial charge in [0.15, 0.2) is 0 Å². The number of imidazole rings is 2. The van der Waals surface area contributed by atoms with Gasteiger partial charge in [-0.2, -0.15) is 0 Å². The maximum atomic E-state index is 13.9. The molecule has 0 aliphatic carbocycles. The lowest BCUT2D eigenvalue weighted by molar-refractivity contribution is -0.135. The minimum atomic E-state index is -1.27. The van der Waals surface area contributed by atoms with Gasteiger partial charge in [0.05, 0.1) is 43.0 Å². The summed E-state index contributed by atoms with van der Waals surface area (Å²) in [6.45, 7) is 1.02. The Hall–Kier alpha value is -7.42. The minimum absolute atomic E-state index is 0.234. The number of aromatic amines is 2. The fourth-order valence-electron chi connectivity index (χ4n) is 8.00. The van der Waals surface area contributed by atoms with E-state index in [-0.39, 0.29) is 23.9 Å². The molecule has 8 rings (SSSR count). The molecule has 2 aliphatic rings. The van der Waals surface area contributed by atoms with E-state index in [1.54, 1.807) is 58.6 Å². The van der Waals surface area contributed by atoms with Crippen LogP contribution in [0.4, 0.5) is 9.59 Å². The number of carbonyl (C=O) groups excluding carboxylic acids is 3. The molecule has 0 radical (unpaired) electrons. The van der Waals surface area contributed by atoms with Gasteiger partial charge in [-0.05, 0) is 78.8 Å². The lowest BCUT2D eigenvalue weighted by Gasteiger charge is -2.28. The van der Waals surface area contributed by atoms with Crippen molar-refractivity contribution in [3.8, 4) is 34.0 Å². The second-order valence-corrected chi connectivity index (χ2v) is 14.7. The van der Waals surface area contributed by atoms with Crippen molar-refractivity contribution in [2.75, 3.05) is 20.2 Å². The normalized spacial score (nSPS) is 17.1. The van der Waals surface area contributed by atoms with Crippen LogP contribution in [0.25, 0.3) is 22.5 Å². The van der Waals surface area contributed by atoms with Crippen molar-refractivity contribution in [2.24, 2.45) is 0 Å². The number of ether oxygens (including phenoxy) is 2. The largest absolute Gasteiger partial charge is 0.465 e. The van der Waals surface area contributed by atoms with E-state index in [0.717, 1.165) is 41.8 Å². The van der Waals surface area contributed by atoms with Crippen LogP contribution in [0.3, 0.4) is 0 Å². The zero-order valence-corrected chi connectivity index (χ0v) is 32.8. The number of benzene rings is 4. The first-order valence-electron chi connectivity index (χ1n) is 19.8. The highest BCUT2D eigenvalue weighted by Gasteiger charge is 2.38. The fourth-order valence-corrected chi connectivity index (χ4v) is 8.00. The van der Waals surface area contributed by atoms with Crippen molar-refractivity contribution in [1.29, 1.82) is 0 Å². The molecule has 4 aromatic carbocycles. The van der Waals surface area contributed by atoms with E-state index < -0.39 is 24.3 Å². The van der Waals surface area contributed by atoms with E-state index in [2.05, 4.69) is 30.6 Å². The Morgan fingerprint density at radius 3 is 1.73 bits per heavy atom. The number of carbonyl (C=O) groups is 4. The average molecular weight is 809 g/mol. The summed E-state index contributed by atoms with van der Waals surface area (Å²) in [5, 5.41) is 14.6. The first-order valence-corrected chi connectivity index (χ1v) is 19.8. The lowest BCUT2D eigenvalue weighted by Crippen LogP contribution is -2.42. The molecule has 4 heterocycles. The third kappa shape index (κ3) is 8.55. The van der Waals surface area contributed by atoms with Crippen molar-refractivity contribution < 1.29 is 33.8 Å². The van der Waals surface area contributed by atoms with Gasteiger partial charge in [-0.1, -0.05) is 72.8 Å². The van der Waals surface area contributed by atoms with Crippen molar-refractivity contribution >= 4 is 24.0 Å². The van der Waals surface area contributed by atoms with Gasteiger partial charge in [-0.25, -0.2) is 19.6 Å². The molecular weight excluding hydrogens is 765 g/mol. The SMILES string of the molecule is COC(=O)N[C@@H](C(=O)N1CCC[C@H]1c1ncc(-c2ccc(Oc3cccc(-c4cnc([C@@H]5CCCN5C(=O)[C@H](NC(=O)O)c5ccccc5)[nH]4)c3)cc2)[nH]1)c1ccccc1. The van der Waals surface area contributed by atoms with Gasteiger partial charge in [-0.3, -0.25) is 9.59 Å². The molecule has 0 saturated carbocycles. The molecule has 15 heteroatoms. The first kappa shape index (κ1) is 39.4. The molecule has 5 N–H and O–H groups in total. The van der Waals surface area contributed by atoms with E-state index in [1.165, 1.54) is 7.11 Å².